The predicted molar refractivity (Wildman–Crippen MR) is 110 cm³/mol. The van der Waals surface area contributed by atoms with E-state index in [0.29, 0.717) is 24.5 Å². The highest BCUT2D eigenvalue weighted by Gasteiger charge is 2.40. The fraction of sp³-hybridized carbons (Fsp3) is 0.636. The Balaban J connectivity index is 1.75. The molecule has 0 unspecified atom stereocenters. The van der Waals surface area contributed by atoms with Gasteiger partial charge >= 0.3 is 0 Å². The van der Waals surface area contributed by atoms with Crippen LogP contribution in [0.1, 0.15) is 55.8 Å². The molecule has 1 aromatic rings. The van der Waals surface area contributed by atoms with Crippen LogP contribution in [0.5, 0.6) is 5.75 Å². The minimum atomic E-state index is -0.276. The van der Waals surface area contributed by atoms with Gasteiger partial charge in [-0.3, -0.25) is 9.59 Å². The first kappa shape index (κ1) is 20.6. The summed E-state index contributed by atoms with van der Waals surface area (Å²) in [7, 11) is 2.12. The third-order valence-corrected chi connectivity index (χ3v) is 6.04. The molecule has 1 saturated heterocycles. The van der Waals surface area contributed by atoms with E-state index in [9.17, 15) is 9.59 Å². The zero-order chi connectivity index (χ0) is 20.0. The van der Waals surface area contributed by atoms with E-state index in [2.05, 4.69) is 22.6 Å². The summed E-state index contributed by atoms with van der Waals surface area (Å²) in [5.74, 6) is 0.619. The van der Waals surface area contributed by atoms with E-state index in [1.165, 1.54) is 0 Å². The number of rotatable bonds is 0. The van der Waals surface area contributed by atoms with Crippen molar-refractivity contribution in [2.45, 2.75) is 51.5 Å². The largest absolute Gasteiger partial charge is 0.491 e. The molecule has 6 nitrogen and oxygen atoms in total. The Hall–Kier alpha value is -2.08. The van der Waals surface area contributed by atoms with Crippen LogP contribution in [0.15, 0.2) is 24.3 Å². The van der Waals surface area contributed by atoms with Gasteiger partial charge in [0.1, 0.15) is 12.4 Å². The van der Waals surface area contributed by atoms with Crippen molar-refractivity contribution in [1.82, 2.24) is 15.5 Å². The van der Waals surface area contributed by atoms with Gasteiger partial charge in [-0.25, -0.2) is 0 Å². The van der Waals surface area contributed by atoms with Crippen LogP contribution in [0.4, 0.5) is 0 Å². The smallest absolute Gasteiger partial charge is 0.255 e. The van der Waals surface area contributed by atoms with Crippen molar-refractivity contribution < 1.29 is 14.3 Å². The first-order chi connectivity index (χ1) is 13.5. The normalized spacial score (nSPS) is 24.9. The number of carbonyl (C=O) groups is 2. The number of amides is 2. The number of hydrogen-bond acceptors (Lipinski definition) is 4. The van der Waals surface area contributed by atoms with E-state index in [4.69, 9.17) is 4.74 Å². The summed E-state index contributed by atoms with van der Waals surface area (Å²) in [6.07, 6.45) is 5.66. The van der Waals surface area contributed by atoms with Crippen LogP contribution >= 0.6 is 0 Å². The van der Waals surface area contributed by atoms with Crippen molar-refractivity contribution >= 4 is 11.8 Å². The molecule has 1 aromatic carbocycles. The molecule has 2 amide bonds. The molecule has 2 aliphatic heterocycles. The third-order valence-electron chi connectivity index (χ3n) is 6.04. The Kier molecular flexibility index (Phi) is 6.94. The lowest BCUT2D eigenvalue weighted by Gasteiger charge is -2.40. The van der Waals surface area contributed by atoms with Gasteiger partial charge in [-0.2, -0.15) is 0 Å². The number of piperidine rings is 1. The first-order valence-electron chi connectivity index (χ1n) is 10.5. The van der Waals surface area contributed by atoms with Crippen molar-refractivity contribution in [1.29, 1.82) is 0 Å². The highest BCUT2D eigenvalue weighted by molar-refractivity contribution is 5.96. The maximum Gasteiger partial charge on any atom is 0.255 e. The van der Waals surface area contributed by atoms with E-state index < -0.39 is 0 Å². The zero-order valence-corrected chi connectivity index (χ0v) is 17.1. The molecule has 0 radical (unpaired) electrons. The number of nitrogens with one attached hydrogen (secondary N) is 2. The Labute approximate surface area is 168 Å². The maximum atomic E-state index is 13.2. The van der Waals surface area contributed by atoms with Crippen molar-refractivity contribution in [3.8, 4) is 5.75 Å². The number of likely N-dealkylation sites (tertiary alicyclic amines) is 1. The van der Waals surface area contributed by atoms with E-state index in [-0.39, 0.29) is 23.3 Å². The molecule has 0 bridgehead atoms. The summed E-state index contributed by atoms with van der Waals surface area (Å²) in [6, 6.07) is 7.16. The quantitative estimate of drug-likeness (QED) is 0.718. The number of benzene rings is 1. The predicted octanol–water partition coefficient (Wildman–Crippen LogP) is 2.59. The summed E-state index contributed by atoms with van der Waals surface area (Å²) in [5.41, 5.74) is 0.268. The molecule has 2 heterocycles. The molecular weight excluding hydrogens is 354 g/mol. The van der Waals surface area contributed by atoms with Gasteiger partial charge < -0.3 is 20.3 Å². The monoisotopic (exact) mass is 387 g/mol. The van der Waals surface area contributed by atoms with Crippen molar-refractivity contribution in [2.75, 3.05) is 33.3 Å². The summed E-state index contributed by atoms with van der Waals surface area (Å²) >= 11 is 0. The average molecular weight is 388 g/mol. The molecule has 28 heavy (non-hydrogen) atoms. The van der Waals surface area contributed by atoms with Crippen molar-refractivity contribution in [3.05, 3.63) is 29.8 Å². The number of carbonyl (C=O) groups excluding carboxylic acids is 2. The van der Waals surface area contributed by atoms with Gasteiger partial charge in [-0.15, -0.1) is 0 Å². The molecule has 154 valence electrons. The van der Waals surface area contributed by atoms with Gasteiger partial charge in [0.25, 0.3) is 5.91 Å². The van der Waals surface area contributed by atoms with E-state index in [1.54, 1.807) is 12.1 Å². The lowest BCUT2D eigenvalue weighted by molar-refractivity contribution is -0.135. The van der Waals surface area contributed by atoms with Crippen LogP contribution in [0, 0.1) is 5.41 Å². The van der Waals surface area contributed by atoms with Gasteiger partial charge in [0.05, 0.1) is 17.0 Å². The lowest BCUT2D eigenvalue weighted by atomic mass is 9.73. The number of hydrogen-bond donors (Lipinski definition) is 2. The van der Waals surface area contributed by atoms with E-state index in [0.717, 1.165) is 51.6 Å². The molecule has 2 aliphatic rings. The Morgan fingerprint density at radius 2 is 1.82 bits per heavy atom. The minimum Gasteiger partial charge on any atom is -0.491 e. The minimum absolute atomic E-state index is 0.103. The Morgan fingerprint density at radius 3 is 2.61 bits per heavy atom. The van der Waals surface area contributed by atoms with Crippen LogP contribution in [0.2, 0.25) is 0 Å². The molecule has 0 aliphatic carbocycles. The van der Waals surface area contributed by atoms with E-state index >= 15 is 0 Å². The molecule has 0 aromatic heterocycles. The van der Waals surface area contributed by atoms with Crippen LogP contribution in [-0.4, -0.2) is 56.0 Å². The molecule has 1 spiro atoms. The SMILES string of the molecule is C[C@H]1COc2ccccc2C(=O)NCCCCCC2(CCN(C)CC2)C(=O)N1. The van der Waals surface area contributed by atoms with Crippen LogP contribution in [0.25, 0.3) is 0 Å². The molecule has 2 N–H and O–H groups in total. The first-order valence-corrected chi connectivity index (χ1v) is 10.5. The van der Waals surface area contributed by atoms with Crippen molar-refractivity contribution in [2.24, 2.45) is 5.41 Å². The van der Waals surface area contributed by atoms with Crippen molar-refractivity contribution in [3.63, 3.8) is 0 Å². The second kappa shape index (κ2) is 9.41. The molecule has 1 fully saturated rings. The molecular formula is C22H33N3O3. The Morgan fingerprint density at radius 1 is 1.07 bits per heavy atom. The zero-order valence-electron chi connectivity index (χ0n) is 17.1. The molecule has 0 saturated carbocycles. The topological polar surface area (TPSA) is 70.7 Å². The summed E-state index contributed by atoms with van der Waals surface area (Å²) in [6.45, 7) is 4.86. The molecule has 1 atom stereocenters. The third kappa shape index (κ3) is 5.04. The second-order valence-electron chi connectivity index (χ2n) is 8.33. The number of nitrogens with zero attached hydrogens (tertiary/aromatic N) is 1. The maximum absolute atomic E-state index is 13.2. The van der Waals surface area contributed by atoms with Crippen LogP contribution in [-0.2, 0) is 4.79 Å². The fourth-order valence-corrected chi connectivity index (χ4v) is 4.11. The standard InChI is InChI=1S/C22H33N3O3/c1-17-16-28-19-9-5-4-8-18(19)20(26)23-13-7-3-6-10-22(21(27)24-17)11-14-25(2)15-12-22/h4-5,8-9,17H,3,6-7,10-16H2,1-2H3,(H,23,26)(H,24,27)/t17-/m0/s1. The summed E-state index contributed by atoms with van der Waals surface area (Å²) in [5, 5.41) is 6.18. The average Bonchev–Trinajstić information content (AvgIpc) is 2.70. The summed E-state index contributed by atoms with van der Waals surface area (Å²) < 4.78 is 5.90. The van der Waals surface area contributed by atoms with Gasteiger partial charge in [0, 0.05) is 6.54 Å². The molecule has 6 heteroatoms. The van der Waals surface area contributed by atoms with E-state index in [1.807, 2.05) is 19.1 Å². The van der Waals surface area contributed by atoms with Crippen LogP contribution < -0.4 is 15.4 Å². The van der Waals surface area contributed by atoms with Gasteiger partial charge in [-0.05, 0) is 64.9 Å². The highest BCUT2D eigenvalue weighted by atomic mass is 16.5. The van der Waals surface area contributed by atoms with Gasteiger partial charge in [-0.1, -0.05) is 25.0 Å². The Bertz CT molecular complexity index is 683. The highest BCUT2D eigenvalue weighted by Crippen LogP contribution is 2.37. The lowest BCUT2D eigenvalue weighted by Crippen LogP contribution is -2.51. The second-order valence-corrected chi connectivity index (χ2v) is 8.33. The fourth-order valence-electron chi connectivity index (χ4n) is 4.11. The number of para-hydroxylation sites is 1. The van der Waals surface area contributed by atoms with Gasteiger partial charge in [0.2, 0.25) is 5.91 Å². The van der Waals surface area contributed by atoms with Crippen LogP contribution in [0.3, 0.4) is 0 Å². The van der Waals surface area contributed by atoms with Gasteiger partial charge in [0.15, 0.2) is 0 Å². The molecule has 3 rings (SSSR count). The summed E-state index contributed by atoms with van der Waals surface area (Å²) in [4.78, 5) is 28.0. The number of fused-ring (bicyclic) bond motifs is 1. The number of ether oxygens (including phenoxy) is 1.